The fourth-order valence-electron chi connectivity index (χ4n) is 1.64. The predicted molar refractivity (Wildman–Crippen MR) is 72.8 cm³/mol. The highest BCUT2D eigenvalue weighted by Gasteiger charge is 2.07. The van der Waals surface area contributed by atoms with E-state index in [1.165, 1.54) is 5.57 Å². The lowest BCUT2D eigenvalue weighted by Crippen LogP contribution is -2.13. The van der Waals surface area contributed by atoms with Crippen LogP contribution in [0.2, 0.25) is 0 Å². The highest BCUT2D eigenvalue weighted by molar-refractivity contribution is 9.10. The Bertz CT molecular complexity index is 480. The molecule has 1 aromatic heterocycles. The van der Waals surface area contributed by atoms with E-state index in [4.69, 9.17) is 4.74 Å². The number of ether oxygens (including phenoxy) is 1. The van der Waals surface area contributed by atoms with E-state index < -0.39 is 0 Å². The lowest BCUT2D eigenvalue weighted by molar-refractivity contribution is 0.372. The molecule has 0 saturated heterocycles. The van der Waals surface area contributed by atoms with Crippen LogP contribution in [-0.4, -0.2) is 23.8 Å². The smallest absolute Gasteiger partial charge is 0.152 e. The van der Waals surface area contributed by atoms with Crippen LogP contribution in [0.25, 0.3) is 0 Å². The molecule has 0 saturated carbocycles. The molecule has 3 nitrogen and oxygen atoms in total. The first-order valence-electron chi connectivity index (χ1n) is 5.61. The molecule has 90 valence electrons. The van der Waals surface area contributed by atoms with Gasteiger partial charge in [-0.15, -0.1) is 0 Å². The van der Waals surface area contributed by atoms with Gasteiger partial charge in [0, 0.05) is 12.2 Å². The Hall–Kier alpha value is -1.16. The van der Waals surface area contributed by atoms with Gasteiger partial charge in [-0.05, 0) is 54.4 Å². The van der Waals surface area contributed by atoms with Crippen LogP contribution in [0.4, 0.5) is 0 Å². The maximum absolute atomic E-state index is 5.69. The minimum Gasteiger partial charge on any atom is -0.484 e. The average molecular weight is 295 g/mol. The van der Waals surface area contributed by atoms with Crippen molar-refractivity contribution in [3.05, 3.63) is 34.1 Å². The molecule has 0 radical (unpaired) electrons. The van der Waals surface area contributed by atoms with Crippen molar-refractivity contribution in [2.45, 2.75) is 20.3 Å². The van der Waals surface area contributed by atoms with Crippen molar-refractivity contribution in [2.75, 3.05) is 13.2 Å². The molecular weight excluding hydrogens is 280 g/mol. The number of nitrogens with zero attached hydrogens (tertiary/aromatic N) is 2. The van der Waals surface area contributed by atoms with E-state index in [9.17, 15) is 0 Å². The number of hydrogen-bond acceptors (Lipinski definition) is 3. The van der Waals surface area contributed by atoms with Crippen LogP contribution in [0.15, 0.2) is 33.4 Å². The van der Waals surface area contributed by atoms with Crippen molar-refractivity contribution in [2.24, 2.45) is 4.99 Å². The summed E-state index contributed by atoms with van der Waals surface area (Å²) in [6, 6.07) is 3.86. The van der Waals surface area contributed by atoms with Gasteiger partial charge in [-0.25, -0.2) is 4.98 Å². The number of dihydropyridines is 1. The average Bonchev–Trinajstić information content (AvgIpc) is 2.28. The maximum Gasteiger partial charge on any atom is 0.152 e. The molecule has 1 aliphatic rings. The summed E-state index contributed by atoms with van der Waals surface area (Å²) in [5, 5.41) is 0. The molecule has 1 aliphatic heterocycles. The Morgan fingerprint density at radius 3 is 2.88 bits per heavy atom. The second kappa shape index (κ2) is 5.45. The third-order valence-corrected chi connectivity index (χ3v) is 3.13. The van der Waals surface area contributed by atoms with Crippen LogP contribution in [0.1, 0.15) is 19.0 Å². The predicted octanol–water partition coefficient (Wildman–Crippen LogP) is 3.32. The topological polar surface area (TPSA) is 34.5 Å². The first-order chi connectivity index (χ1) is 8.15. The van der Waals surface area contributed by atoms with Crippen LogP contribution in [0, 0.1) is 6.92 Å². The Balaban J connectivity index is 2.00. The fourth-order valence-corrected chi connectivity index (χ4v) is 2.16. The van der Waals surface area contributed by atoms with Crippen LogP contribution < -0.4 is 4.74 Å². The van der Waals surface area contributed by atoms with Crippen LogP contribution in [0.3, 0.4) is 0 Å². The van der Waals surface area contributed by atoms with Gasteiger partial charge in [0.05, 0.1) is 5.71 Å². The number of aryl methyl sites for hydroxylation is 1. The van der Waals surface area contributed by atoms with Gasteiger partial charge in [-0.1, -0.05) is 5.57 Å². The fraction of sp³-hybridized carbons (Fsp3) is 0.385. The van der Waals surface area contributed by atoms with Gasteiger partial charge in [-0.3, -0.25) is 4.99 Å². The molecule has 1 aromatic rings. The summed E-state index contributed by atoms with van der Waals surface area (Å²) in [7, 11) is 0. The van der Waals surface area contributed by atoms with Gasteiger partial charge in [0.15, 0.2) is 5.75 Å². The zero-order valence-electron chi connectivity index (χ0n) is 10.0. The summed E-state index contributed by atoms with van der Waals surface area (Å²) >= 11 is 3.39. The standard InChI is InChI=1S/C13H15BrN2O/c1-9-5-6-15-11(7-9)8-17-12-4-3-10(2)16-13(12)14/h3-4,7H,5-6,8H2,1-2H3. The first-order valence-corrected chi connectivity index (χ1v) is 6.41. The van der Waals surface area contributed by atoms with Gasteiger partial charge in [0.2, 0.25) is 0 Å². The van der Waals surface area contributed by atoms with Gasteiger partial charge in [0.1, 0.15) is 11.2 Å². The lowest BCUT2D eigenvalue weighted by atomic mass is 10.1. The van der Waals surface area contributed by atoms with E-state index in [-0.39, 0.29) is 0 Å². The molecule has 17 heavy (non-hydrogen) atoms. The van der Waals surface area contributed by atoms with E-state index in [0.29, 0.717) is 6.61 Å². The molecule has 0 amide bonds. The highest BCUT2D eigenvalue weighted by Crippen LogP contribution is 2.22. The maximum atomic E-state index is 5.69. The van der Waals surface area contributed by atoms with Gasteiger partial charge < -0.3 is 4.74 Å². The second-order valence-corrected chi connectivity index (χ2v) is 4.90. The summed E-state index contributed by atoms with van der Waals surface area (Å²) in [5.41, 5.74) is 3.33. The molecule has 2 rings (SSSR count). The molecule has 0 fully saturated rings. The van der Waals surface area contributed by atoms with Crippen LogP contribution in [-0.2, 0) is 0 Å². The van der Waals surface area contributed by atoms with E-state index in [1.807, 2.05) is 19.1 Å². The number of hydrogen-bond donors (Lipinski definition) is 0. The molecule has 0 aromatic carbocycles. The Morgan fingerprint density at radius 2 is 2.18 bits per heavy atom. The second-order valence-electron chi connectivity index (χ2n) is 4.14. The van der Waals surface area contributed by atoms with Crippen LogP contribution >= 0.6 is 15.9 Å². The summed E-state index contributed by atoms with van der Waals surface area (Å²) in [4.78, 5) is 8.71. The van der Waals surface area contributed by atoms with Crippen molar-refractivity contribution in [3.8, 4) is 5.75 Å². The molecule has 0 spiro atoms. The van der Waals surface area contributed by atoms with Gasteiger partial charge >= 0.3 is 0 Å². The van der Waals surface area contributed by atoms with E-state index in [0.717, 1.165) is 34.7 Å². The van der Waals surface area contributed by atoms with E-state index >= 15 is 0 Å². The van der Waals surface area contributed by atoms with E-state index in [1.54, 1.807) is 0 Å². The van der Waals surface area contributed by atoms with Crippen molar-refractivity contribution in [1.29, 1.82) is 0 Å². The Morgan fingerprint density at radius 1 is 1.35 bits per heavy atom. The molecule has 0 aliphatic carbocycles. The zero-order valence-corrected chi connectivity index (χ0v) is 11.6. The number of aliphatic imine (C=N–C) groups is 1. The zero-order chi connectivity index (χ0) is 12.3. The Kier molecular flexibility index (Phi) is 3.94. The first kappa shape index (κ1) is 12.3. The minimum atomic E-state index is 0.501. The monoisotopic (exact) mass is 294 g/mol. The summed E-state index contributed by atoms with van der Waals surface area (Å²) < 4.78 is 6.44. The Labute approximate surface area is 110 Å². The molecule has 0 atom stereocenters. The van der Waals surface area contributed by atoms with Crippen molar-refractivity contribution in [1.82, 2.24) is 4.98 Å². The molecule has 4 heteroatoms. The summed E-state index contributed by atoms with van der Waals surface area (Å²) in [6.45, 7) is 5.44. The number of halogens is 1. The highest BCUT2D eigenvalue weighted by atomic mass is 79.9. The number of aromatic nitrogens is 1. The minimum absolute atomic E-state index is 0.501. The van der Waals surface area contributed by atoms with E-state index in [2.05, 4.69) is 38.9 Å². The summed E-state index contributed by atoms with van der Waals surface area (Å²) in [5.74, 6) is 0.759. The lowest BCUT2D eigenvalue weighted by Gasteiger charge is -2.12. The largest absolute Gasteiger partial charge is 0.484 e. The van der Waals surface area contributed by atoms with Crippen molar-refractivity contribution in [3.63, 3.8) is 0 Å². The molecule has 0 bridgehead atoms. The summed E-state index contributed by atoms with van der Waals surface area (Å²) in [6.07, 6.45) is 3.15. The molecule has 0 unspecified atom stereocenters. The quantitative estimate of drug-likeness (QED) is 0.802. The SMILES string of the molecule is CC1=CC(COc2ccc(C)nc2Br)=NCC1. The molecule has 0 N–H and O–H groups in total. The molecular formula is C13H15BrN2O. The third-order valence-electron chi connectivity index (χ3n) is 2.56. The molecule has 2 heterocycles. The third kappa shape index (κ3) is 3.40. The van der Waals surface area contributed by atoms with Crippen molar-refractivity contribution >= 4 is 21.6 Å². The number of rotatable bonds is 3. The number of pyridine rings is 1. The van der Waals surface area contributed by atoms with Crippen LogP contribution in [0.5, 0.6) is 5.75 Å². The van der Waals surface area contributed by atoms with Gasteiger partial charge in [-0.2, -0.15) is 0 Å². The van der Waals surface area contributed by atoms with Gasteiger partial charge in [0.25, 0.3) is 0 Å². The van der Waals surface area contributed by atoms with Crippen molar-refractivity contribution < 1.29 is 4.74 Å². The normalized spacial score (nSPS) is 15.2.